The Balaban J connectivity index is 1.86. The maximum Gasteiger partial charge on any atom is 0.243 e. The summed E-state index contributed by atoms with van der Waals surface area (Å²) in [7, 11) is -3.55. The number of amides is 2. The molecule has 0 bridgehead atoms. The molecule has 0 fully saturated rings. The predicted octanol–water partition coefficient (Wildman–Crippen LogP) is 4.93. The number of hydrogen-bond donors (Lipinski definition) is 1. The highest BCUT2D eigenvalue weighted by Gasteiger charge is 2.30. The number of nitrogens with zero attached hydrogens (tertiary/aromatic N) is 2. The number of hydrogen-bond acceptors (Lipinski definition) is 4. The van der Waals surface area contributed by atoms with Crippen LogP contribution < -0.4 is 9.62 Å². The molecule has 0 heterocycles. The molecule has 7 nitrogen and oxygen atoms in total. The second-order valence-corrected chi connectivity index (χ2v) is 12.2. The van der Waals surface area contributed by atoms with E-state index in [2.05, 4.69) is 5.32 Å². The van der Waals surface area contributed by atoms with Gasteiger partial charge in [0.2, 0.25) is 21.8 Å². The zero-order valence-electron chi connectivity index (χ0n) is 24.2. The summed E-state index contributed by atoms with van der Waals surface area (Å²) in [4.78, 5) is 28.7. The molecule has 8 heteroatoms. The van der Waals surface area contributed by atoms with Crippen molar-refractivity contribution in [1.82, 2.24) is 10.2 Å². The van der Waals surface area contributed by atoms with E-state index >= 15 is 0 Å². The first-order valence-electron chi connectivity index (χ1n) is 13.7. The summed E-state index contributed by atoms with van der Waals surface area (Å²) in [5, 5.41) is 2.90. The Labute approximate surface area is 239 Å². The van der Waals surface area contributed by atoms with Gasteiger partial charge in [-0.05, 0) is 68.5 Å². The van der Waals surface area contributed by atoms with Crippen LogP contribution in [-0.2, 0) is 32.6 Å². The van der Waals surface area contributed by atoms with Crippen LogP contribution in [0.4, 0.5) is 5.69 Å². The molecular weight excluding hydrogens is 522 g/mol. The van der Waals surface area contributed by atoms with Crippen molar-refractivity contribution in [3.8, 4) is 0 Å². The maximum atomic E-state index is 13.8. The Bertz CT molecular complexity index is 1390. The van der Waals surface area contributed by atoms with E-state index < -0.39 is 16.1 Å². The van der Waals surface area contributed by atoms with E-state index in [9.17, 15) is 18.0 Å². The van der Waals surface area contributed by atoms with Crippen molar-refractivity contribution in [3.63, 3.8) is 0 Å². The number of benzene rings is 3. The summed E-state index contributed by atoms with van der Waals surface area (Å²) in [6.07, 6.45) is 1.98. The second-order valence-electron chi connectivity index (χ2n) is 10.3. The Kier molecular flexibility index (Phi) is 10.9. The topological polar surface area (TPSA) is 86.8 Å². The molecule has 0 aliphatic carbocycles. The number of likely N-dealkylation sites (N-methyl/N-ethyl adjacent to an activating group) is 1. The first-order valence-corrected chi connectivity index (χ1v) is 15.6. The van der Waals surface area contributed by atoms with Crippen LogP contribution in [0.25, 0.3) is 0 Å². The summed E-state index contributed by atoms with van der Waals surface area (Å²) < 4.78 is 26.7. The van der Waals surface area contributed by atoms with Crippen molar-refractivity contribution < 1.29 is 18.0 Å². The Morgan fingerprint density at radius 3 is 2.15 bits per heavy atom. The van der Waals surface area contributed by atoms with Gasteiger partial charge in [-0.15, -0.1) is 0 Å². The molecule has 0 saturated carbocycles. The van der Waals surface area contributed by atoms with Gasteiger partial charge in [0.15, 0.2) is 0 Å². The normalized spacial score (nSPS) is 12.0. The minimum atomic E-state index is -3.55. The van der Waals surface area contributed by atoms with Gasteiger partial charge in [0.1, 0.15) is 6.04 Å². The molecule has 2 amide bonds. The van der Waals surface area contributed by atoms with Gasteiger partial charge in [0.25, 0.3) is 0 Å². The summed E-state index contributed by atoms with van der Waals surface area (Å²) in [6.45, 7) is 8.68. The zero-order valence-corrected chi connectivity index (χ0v) is 25.0. The standard InChI is InChI=1S/C32H41N3O4S/c1-6-33-32(37)30(22-27-11-8-7-9-12-27)34(23-28-17-14-24(2)15-18-28)31(36)13-10-20-35(40(5,38)39)29-19-16-25(3)26(4)21-29/h7-9,11-12,14-19,21,30H,6,10,13,20,22-23H2,1-5H3,(H,33,37)/t30-/m1/s1. The number of rotatable bonds is 13. The molecule has 0 unspecified atom stereocenters. The van der Waals surface area contributed by atoms with E-state index in [1.165, 1.54) is 10.6 Å². The highest BCUT2D eigenvalue weighted by atomic mass is 32.2. The van der Waals surface area contributed by atoms with Crippen LogP contribution in [0.1, 0.15) is 47.6 Å². The summed E-state index contributed by atoms with van der Waals surface area (Å²) in [6, 6.07) is 22.4. The fourth-order valence-corrected chi connectivity index (χ4v) is 5.58. The summed E-state index contributed by atoms with van der Waals surface area (Å²) in [5.74, 6) is -0.402. The lowest BCUT2D eigenvalue weighted by Crippen LogP contribution is -2.50. The maximum absolute atomic E-state index is 13.8. The molecule has 214 valence electrons. The molecule has 40 heavy (non-hydrogen) atoms. The summed E-state index contributed by atoms with van der Waals surface area (Å²) in [5.41, 5.74) is 5.65. The lowest BCUT2D eigenvalue weighted by molar-refractivity contribution is -0.141. The van der Waals surface area contributed by atoms with Crippen LogP contribution in [0.15, 0.2) is 72.8 Å². The first-order chi connectivity index (χ1) is 19.0. The average molecular weight is 564 g/mol. The molecule has 1 N–H and O–H groups in total. The van der Waals surface area contributed by atoms with E-state index in [1.807, 2.05) is 94.4 Å². The average Bonchev–Trinajstić information content (AvgIpc) is 2.91. The van der Waals surface area contributed by atoms with Crippen LogP contribution in [0.3, 0.4) is 0 Å². The molecule has 3 aromatic rings. The van der Waals surface area contributed by atoms with Crippen LogP contribution in [0.2, 0.25) is 0 Å². The van der Waals surface area contributed by atoms with Gasteiger partial charge < -0.3 is 10.2 Å². The fraction of sp³-hybridized carbons (Fsp3) is 0.375. The summed E-state index contributed by atoms with van der Waals surface area (Å²) >= 11 is 0. The number of carbonyl (C=O) groups is 2. The van der Waals surface area contributed by atoms with Crippen molar-refractivity contribution in [1.29, 1.82) is 0 Å². The van der Waals surface area contributed by atoms with Gasteiger partial charge in [-0.2, -0.15) is 0 Å². The van der Waals surface area contributed by atoms with Crippen molar-refractivity contribution in [2.24, 2.45) is 0 Å². The lowest BCUT2D eigenvalue weighted by atomic mass is 10.0. The Morgan fingerprint density at radius 1 is 0.875 bits per heavy atom. The monoisotopic (exact) mass is 563 g/mol. The van der Waals surface area contributed by atoms with Gasteiger partial charge in [0.05, 0.1) is 11.9 Å². The Morgan fingerprint density at radius 2 is 1.55 bits per heavy atom. The minimum absolute atomic E-state index is 0.105. The highest BCUT2D eigenvalue weighted by molar-refractivity contribution is 7.92. The third kappa shape index (κ3) is 8.68. The smallest absolute Gasteiger partial charge is 0.243 e. The number of anilines is 1. The highest BCUT2D eigenvalue weighted by Crippen LogP contribution is 2.23. The van der Waals surface area contributed by atoms with E-state index in [1.54, 1.807) is 11.0 Å². The van der Waals surface area contributed by atoms with Crippen molar-refractivity contribution in [3.05, 3.63) is 101 Å². The van der Waals surface area contributed by atoms with Crippen molar-refractivity contribution in [2.45, 2.75) is 59.5 Å². The number of sulfonamides is 1. The van der Waals surface area contributed by atoms with Gasteiger partial charge in [-0.3, -0.25) is 13.9 Å². The van der Waals surface area contributed by atoms with Gasteiger partial charge >= 0.3 is 0 Å². The van der Waals surface area contributed by atoms with Gasteiger partial charge in [-0.25, -0.2) is 8.42 Å². The van der Waals surface area contributed by atoms with Crippen molar-refractivity contribution >= 4 is 27.5 Å². The third-order valence-corrected chi connectivity index (χ3v) is 8.22. The number of aryl methyl sites for hydroxylation is 3. The fourth-order valence-electron chi connectivity index (χ4n) is 4.62. The molecule has 0 aliphatic heterocycles. The molecule has 0 aromatic heterocycles. The Hall–Kier alpha value is -3.65. The largest absolute Gasteiger partial charge is 0.355 e. The molecular formula is C32H41N3O4S. The molecule has 0 radical (unpaired) electrons. The number of carbonyl (C=O) groups excluding carboxylic acids is 2. The van der Waals surface area contributed by atoms with Gasteiger partial charge in [0, 0.05) is 32.5 Å². The van der Waals surface area contributed by atoms with Gasteiger partial charge in [-0.1, -0.05) is 66.2 Å². The minimum Gasteiger partial charge on any atom is -0.355 e. The molecule has 3 aromatic carbocycles. The van der Waals surface area contributed by atoms with E-state index in [4.69, 9.17) is 0 Å². The lowest BCUT2D eigenvalue weighted by Gasteiger charge is -2.32. The molecule has 0 spiro atoms. The molecule has 0 saturated heterocycles. The number of nitrogens with one attached hydrogen (secondary N) is 1. The molecule has 0 aliphatic rings. The van der Waals surface area contributed by atoms with Crippen LogP contribution in [0, 0.1) is 20.8 Å². The quantitative estimate of drug-likeness (QED) is 0.319. The zero-order chi connectivity index (χ0) is 29.3. The van der Waals surface area contributed by atoms with Crippen LogP contribution in [-0.4, -0.2) is 50.5 Å². The molecule has 3 rings (SSSR count). The predicted molar refractivity (Wildman–Crippen MR) is 162 cm³/mol. The molecule has 1 atom stereocenters. The van der Waals surface area contributed by atoms with E-state index in [-0.39, 0.29) is 31.3 Å². The van der Waals surface area contributed by atoms with Crippen LogP contribution >= 0.6 is 0 Å². The van der Waals surface area contributed by atoms with E-state index in [0.717, 1.165) is 27.8 Å². The van der Waals surface area contributed by atoms with E-state index in [0.29, 0.717) is 25.1 Å². The van der Waals surface area contributed by atoms with Crippen molar-refractivity contribution in [2.75, 3.05) is 23.7 Å². The second kappa shape index (κ2) is 14.1. The SMILES string of the molecule is CCNC(=O)[C@@H](Cc1ccccc1)N(Cc1ccc(C)cc1)C(=O)CCCN(c1ccc(C)c(C)c1)S(C)(=O)=O. The first kappa shape index (κ1) is 30.9. The third-order valence-electron chi connectivity index (χ3n) is 7.03. The van der Waals surface area contributed by atoms with Crippen LogP contribution in [0.5, 0.6) is 0 Å².